The van der Waals surface area contributed by atoms with Crippen LogP contribution in [-0.4, -0.2) is 34.3 Å². The molecule has 0 radical (unpaired) electrons. The third-order valence-corrected chi connectivity index (χ3v) is 4.54. The van der Waals surface area contributed by atoms with E-state index >= 15 is 0 Å². The molecule has 134 valence electrons. The lowest BCUT2D eigenvalue weighted by Gasteiger charge is -2.26. The Kier molecular flexibility index (Phi) is 4.16. The molecule has 26 heavy (non-hydrogen) atoms. The van der Waals surface area contributed by atoms with Gasteiger partial charge in [-0.1, -0.05) is 12.1 Å². The van der Waals surface area contributed by atoms with Crippen molar-refractivity contribution >= 4 is 23.4 Å². The van der Waals surface area contributed by atoms with Crippen LogP contribution in [0.1, 0.15) is 24.4 Å². The van der Waals surface area contributed by atoms with Crippen molar-refractivity contribution in [2.24, 2.45) is 0 Å². The van der Waals surface area contributed by atoms with Gasteiger partial charge in [-0.15, -0.1) is 5.10 Å². The minimum absolute atomic E-state index is 0.0659. The Morgan fingerprint density at radius 2 is 2.23 bits per heavy atom. The molecule has 7 nitrogen and oxygen atoms in total. The van der Waals surface area contributed by atoms with E-state index in [-0.39, 0.29) is 11.9 Å². The lowest BCUT2D eigenvalue weighted by Crippen LogP contribution is -2.24. The highest BCUT2D eigenvalue weighted by Crippen LogP contribution is 2.35. The monoisotopic (exact) mass is 355 g/mol. The minimum atomic E-state index is -0.585. The largest absolute Gasteiger partial charge is 0.453 e. The summed E-state index contributed by atoms with van der Waals surface area (Å²) in [6.45, 7) is 0.828. The van der Waals surface area contributed by atoms with E-state index in [0.29, 0.717) is 11.5 Å². The van der Waals surface area contributed by atoms with Crippen molar-refractivity contribution in [1.82, 2.24) is 14.6 Å². The highest BCUT2D eigenvalue weighted by atomic mass is 19.1. The molecule has 3 heterocycles. The van der Waals surface area contributed by atoms with Gasteiger partial charge in [-0.2, -0.15) is 4.52 Å². The van der Waals surface area contributed by atoms with Crippen molar-refractivity contribution < 1.29 is 13.9 Å². The zero-order valence-corrected chi connectivity index (χ0v) is 14.2. The number of halogens is 1. The van der Waals surface area contributed by atoms with E-state index in [1.54, 1.807) is 16.6 Å². The van der Waals surface area contributed by atoms with Gasteiger partial charge in [-0.3, -0.25) is 5.32 Å². The Hall–Kier alpha value is -3.16. The molecule has 1 aliphatic rings. The summed E-state index contributed by atoms with van der Waals surface area (Å²) in [5.74, 6) is 0.933. The quantitative estimate of drug-likeness (QED) is 0.780. The molecule has 1 aromatic carbocycles. The minimum Gasteiger partial charge on any atom is -0.453 e. The van der Waals surface area contributed by atoms with Crippen LogP contribution in [0.15, 0.2) is 42.6 Å². The van der Waals surface area contributed by atoms with Crippen LogP contribution in [0.25, 0.3) is 5.65 Å². The predicted octanol–water partition coefficient (Wildman–Crippen LogP) is 3.39. The molecule has 3 aromatic rings. The van der Waals surface area contributed by atoms with E-state index < -0.39 is 6.09 Å². The Morgan fingerprint density at radius 1 is 1.35 bits per heavy atom. The number of carbonyl (C=O) groups excluding carboxylic acids is 1. The molecular weight excluding hydrogens is 337 g/mol. The molecule has 0 unspecified atom stereocenters. The molecule has 1 saturated heterocycles. The number of anilines is 2. The van der Waals surface area contributed by atoms with Crippen LogP contribution in [0.3, 0.4) is 0 Å². The first-order chi connectivity index (χ1) is 12.7. The fraction of sp³-hybridized carbons (Fsp3) is 0.278. The van der Waals surface area contributed by atoms with Crippen molar-refractivity contribution in [3.05, 3.63) is 54.0 Å². The summed E-state index contributed by atoms with van der Waals surface area (Å²) in [4.78, 5) is 17.9. The van der Waals surface area contributed by atoms with Gasteiger partial charge >= 0.3 is 6.09 Å². The summed E-state index contributed by atoms with van der Waals surface area (Å²) in [5, 5.41) is 7.21. The fourth-order valence-electron chi connectivity index (χ4n) is 3.36. The molecule has 1 amide bonds. The number of imidazole rings is 1. The van der Waals surface area contributed by atoms with Crippen LogP contribution in [-0.2, 0) is 4.74 Å². The molecule has 2 aromatic heterocycles. The Morgan fingerprint density at radius 3 is 3.04 bits per heavy atom. The summed E-state index contributed by atoms with van der Waals surface area (Å²) >= 11 is 0. The lowest BCUT2D eigenvalue weighted by molar-refractivity contribution is 0.186. The third kappa shape index (κ3) is 2.94. The van der Waals surface area contributed by atoms with E-state index in [0.717, 1.165) is 30.8 Å². The lowest BCUT2D eigenvalue weighted by atomic mass is 10.0. The zero-order chi connectivity index (χ0) is 18.1. The van der Waals surface area contributed by atoms with Gasteiger partial charge in [-0.25, -0.2) is 14.2 Å². The maximum atomic E-state index is 13.6. The second-order valence-corrected chi connectivity index (χ2v) is 6.13. The van der Waals surface area contributed by atoms with Crippen molar-refractivity contribution in [3.63, 3.8) is 0 Å². The van der Waals surface area contributed by atoms with Crippen molar-refractivity contribution in [2.45, 2.75) is 18.9 Å². The van der Waals surface area contributed by atoms with Crippen LogP contribution in [0.2, 0.25) is 0 Å². The molecule has 1 fully saturated rings. The average Bonchev–Trinajstić information content (AvgIpc) is 3.28. The molecular formula is C18H18FN5O2. The summed E-state index contributed by atoms with van der Waals surface area (Å²) in [6, 6.07) is 10.5. The van der Waals surface area contributed by atoms with Crippen molar-refractivity contribution in [2.75, 3.05) is 23.9 Å². The number of amides is 1. The molecule has 0 aliphatic carbocycles. The van der Waals surface area contributed by atoms with E-state index in [2.05, 4.69) is 25.0 Å². The molecule has 0 bridgehead atoms. The zero-order valence-electron chi connectivity index (χ0n) is 14.2. The number of rotatable bonds is 3. The molecule has 0 saturated carbocycles. The molecule has 8 heteroatoms. The first-order valence-corrected chi connectivity index (χ1v) is 8.37. The second kappa shape index (κ2) is 6.62. The van der Waals surface area contributed by atoms with Gasteiger partial charge in [-0.05, 0) is 42.7 Å². The van der Waals surface area contributed by atoms with E-state index in [4.69, 9.17) is 0 Å². The number of hydrogen-bond acceptors (Lipinski definition) is 5. The Bertz CT molecular complexity index is 958. The van der Waals surface area contributed by atoms with Gasteiger partial charge in [0.1, 0.15) is 11.6 Å². The normalized spacial score (nSPS) is 16.8. The van der Waals surface area contributed by atoms with Crippen LogP contribution in [0.4, 0.5) is 20.8 Å². The predicted molar refractivity (Wildman–Crippen MR) is 94.7 cm³/mol. The maximum Gasteiger partial charge on any atom is 0.412 e. The number of nitrogens with one attached hydrogen (secondary N) is 1. The van der Waals surface area contributed by atoms with Gasteiger partial charge in [0, 0.05) is 6.54 Å². The number of aromatic nitrogens is 3. The summed E-state index contributed by atoms with van der Waals surface area (Å²) in [5.41, 5.74) is 1.55. The number of methoxy groups -OCH3 is 1. The van der Waals surface area contributed by atoms with Crippen LogP contribution in [0, 0.1) is 5.82 Å². The van der Waals surface area contributed by atoms with Crippen molar-refractivity contribution in [1.29, 1.82) is 0 Å². The molecule has 4 rings (SSSR count). The van der Waals surface area contributed by atoms with Gasteiger partial charge < -0.3 is 9.64 Å². The maximum absolute atomic E-state index is 13.6. The molecule has 0 spiro atoms. The van der Waals surface area contributed by atoms with Crippen LogP contribution in [0.5, 0.6) is 0 Å². The summed E-state index contributed by atoms with van der Waals surface area (Å²) in [7, 11) is 1.30. The van der Waals surface area contributed by atoms with E-state index in [9.17, 15) is 9.18 Å². The number of carbonyl (C=O) groups is 1. The molecule has 1 aliphatic heterocycles. The van der Waals surface area contributed by atoms with E-state index in [1.165, 1.54) is 19.4 Å². The number of nitrogens with zero attached hydrogens (tertiary/aromatic N) is 4. The van der Waals surface area contributed by atoms with Gasteiger partial charge in [0.2, 0.25) is 0 Å². The number of fused-ring (bicyclic) bond motifs is 1. The highest BCUT2D eigenvalue weighted by molar-refractivity contribution is 5.83. The third-order valence-electron chi connectivity index (χ3n) is 4.54. The topological polar surface area (TPSA) is 71.8 Å². The first-order valence-electron chi connectivity index (χ1n) is 8.37. The second-order valence-electron chi connectivity index (χ2n) is 6.13. The molecule has 1 N–H and O–H groups in total. The Balaban J connectivity index is 1.69. The van der Waals surface area contributed by atoms with Crippen molar-refractivity contribution in [3.8, 4) is 0 Å². The SMILES string of the molecule is COC(=O)Nc1cnc2ccc(N3CCC[C@@H]3c3cccc(F)c3)nn12. The summed E-state index contributed by atoms with van der Waals surface area (Å²) < 4.78 is 19.8. The first kappa shape index (κ1) is 16.3. The van der Waals surface area contributed by atoms with E-state index in [1.807, 2.05) is 18.2 Å². The smallest absolute Gasteiger partial charge is 0.412 e. The fourth-order valence-corrected chi connectivity index (χ4v) is 3.36. The number of hydrogen-bond donors (Lipinski definition) is 1. The molecule has 1 atom stereocenters. The van der Waals surface area contributed by atoms with Crippen LogP contribution >= 0.6 is 0 Å². The van der Waals surface area contributed by atoms with Gasteiger partial charge in [0.25, 0.3) is 0 Å². The van der Waals surface area contributed by atoms with Gasteiger partial charge in [0.05, 0.1) is 19.3 Å². The standard InChI is InChI=1S/C18H18FN5O2/c1-26-18(25)21-17-11-20-15-7-8-16(22-24(15)17)23-9-3-6-14(23)12-4-2-5-13(19)10-12/h2,4-5,7-8,10-11,14H,3,6,9H2,1H3,(H,21,25)/t14-/m1/s1. The van der Waals surface area contributed by atoms with Crippen LogP contribution < -0.4 is 10.2 Å². The average molecular weight is 355 g/mol. The summed E-state index contributed by atoms with van der Waals surface area (Å²) in [6.07, 6.45) is 2.87. The highest BCUT2D eigenvalue weighted by Gasteiger charge is 2.28. The Labute approximate surface area is 149 Å². The van der Waals surface area contributed by atoms with Gasteiger partial charge in [0.15, 0.2) is 11.5 Å². The number of benzene rings is 1. The number of ether oxygens (including phenoxy) is 1.